The second kappa shape index (κ2) is 13.0. The third-order valence-electron chi connectivity index (χ3n) is 3.52. The summed E-state index contributed by atoms with van der Waals surface area (Å²) in [4.78, 5) is 27.5. The van der Waals surface area contributed by atoms with Crippen LogP contribution in [0.15, 0.2) is 11.8 Å². The number of esters is 1. The van der Waals surface area contributed by atoms with Crippen molar-refractivity contribution in [1.29, 1.82) is 0 Å². The van der Waals surface area contributed by atoms with E-state index in [2.05, 4.69) is 11.8 Å². The third-order valence-corrected chi connectivity index (χ3v) is 3.52. The van der Waals surface area contributed by atoms with Gasteiger partial charge in [-0.3, -0.25) is 4.79 Å². The van der Waals surface area contributed by atoms with Crippen molar-refractivity contribution in [3.8, 4) is 0 Å². The summed E-state index contributed by atoms with van der Waals surface area (Å²) in [6.45, 7) is 7.30. The van der Waals surface area contributed by atoms with E-state index in [4.69, 9.17) is 9.99 Å². The third kappa shape index (κ3) is 13.1. The Bertz CT molecular complexity index is 393. The Morgan fingerprint density at radius 3 is 1.88 bits per heavy atom. The maximum Gasteiger partial charge on any atom is 0.378 e. The topological polar surface area (TPSA) is 72.8 Å². The standard InChI is InChI=1S/C19H34O5/c1-5-6-7-8-9-10-11-12-13-14-16(20)15-17(24-22)18(21)23-19(2,3)4/h15,22H,5-14H2,1-4H3. The zero-order valence-electron chi connectivity index (χ0n) is 15.7. The number of ether oxygens (including phenoxy) is 1. The summed E-state index contributed by atoms with van der Waals surface area (Å²) in [5, 5.41) is 8.75. The second-order valence-electron chi connectivity index (χ2n) is 7.15. The number of ketones is 1. The highest BCUT2D eigenvalue weighted by Gasteiger charge is 2.22. The van der Waals surface area contributed by atoms with Gasteiger partial charge in [0.2, 0.25) is 0 Å². The molecule has 1 N–H and O–H groups in total. The van der Waals surface area contributed by atoms with E-state index in [1.807, 2.05) is 0 Å². The molecule has 140 valence electrons. The van der Waals surface area contributed by atoms with Crippen LogP contribution < -0.4 is 0 Å². The molecule has 5 heteroatoms. The van der Waals surface area contributed by atoms with Crippen molar-refractivity contribution in [3.63, 3.8) is 0 Å². The van der Waals surface area contributed by atoms with Crippen LogP contribution in [0.25, 0.3) is 0 Å². The molecule has 0 unspecified atom stereocenters. The molecule has 0 aliphatic heterocycles. The lowest BCUT2D eigenvalue weighted by molar-refractivity contribution is -0.215. The highest BCUT2D eigenvalue weighted by molar-refractivity contribution is 5.98. The molecule has 0 bridgehead atoms. The highest BCUT2D eigenvalue weighted by Crippen LogP contribution is 2.13. The van der Waals surface area contributed by atoms with Gasteiger partial charge < -0.3 is 9.62 Å². The first-order chi connectivity index (χ1) is 11.3. The summed E-state index contributed by atoms with van der Waals surface area (Å²) in [6, 6.07) is 0. The summed E-state index contributed by atoms with van der Waals surface area (Å²) in [6.07, 6.45) is 11.9. The fraction of sp³-hybridized carbons (Fsp3) is 0.789. The van der Waals surface area contributed by atoms with Gasteiger partial charge in [-0.05, 0) is 27.2 Å². The van der Waals surface area contributed by atoms with E-state index in [0.717, 1.165) is 25.3 Å². The lowest BCUT2D eigenvalue weighted by atomic mass is 10.1. The van der Waals surface area contributed by atoms with Crippen molar-refractivity contribution in [2.75, 3.05) is 0 Å². The van der Waals surface area contributed by atoms with Gasteiger partial charge in [0.15, 0.2) is 5.78 Å². The molecule has 0 aromatic heterocycles. The maximum atomic E-state index is 11.8. The summed E-state index contributed by atoms with van der Waals surface area (Å²) < 4.78 is 5.05. The van der Waals surface area contributed by atoms with Crippen LogP contribution in [-0.4, -0.2) is 22.6 Å². The Kier molecular flexibility index (Phi) is 12.3. The minimum Gasteiger partial charge on any atom is -0.454 e. The van der Waals surface area contributed by atoms with Crippen molar-refractivity contribution in [2.24, 2.45) is 0 Å². The first-order valence-corrected chi connectivity index (χ1v) is 9.09. The smallest absolute Gasteiger partial charge is 0.378 e. The van der Waals surface area contributed by atoms with Gasteiger partial charge >= 0.3 is 5.97 Å². The Hall–Kier alpha value is -1.36. The van der Waals surface area contributed by atoms with Crippen molar-refractivity contribution in [3.05, 3.63) is 11.8 Å². The van der Waals surface area contributed by atoms with Gasteiger partial charge in [-0.2, -0.15) is 0 Å². The van der Waals surface area contributed by atoms with Crippen LogP contribution in [-0.2, 0) is 19.2 Å². The van der Waals surface area contributed by atoms with Crippen LogP contribution in [0.5, 0.6) is 0 Å². The number of allylic oxidation sites excluding steroid dienone is 1. The summed E-state index contributed by atoms with van der Waals surface area (Å²) in [5.41, 5.74) is -0.713. The Morgan fingerprint density at radius 2 is 1.42 bits per heavy atom. The number of unbranched alkanes of at least 4 members (excludes halogenated alkanes) is 8. The summed E-state index contributed by atoms with van der Waals surface area (Å²) in [5.74, 6) is -1.55. The Balaban J connectivity index is 3.95. The number of hydrogen-bond acceptors (Lipinski definition) is 5. The average molecular weight is 342 g/mol. The van der Waals surface area contributed by atoms with Gasteiger partial charge in [0.1, 0.15) is 5.60 Å². The molecule has 0 amide bonds. The molecular weight excluding hydrogens is 308 g/mol. The number of rotatable bonds is 13. The number of carbonyl (C=O) groups excluding carboxylic acids is 2. The molecule has 0 aliphatic carbocycles. The second-order valence-corrected chi connectivity index (χ2v) is 7.15. The molecule has 0 atom stereocenters. The lowest BCUT2D eigenvalue weighted by Crippen LogP contribution is -2.25. The van der Waals surface area contributed by atoms with E-state index in [-0.39, 0.29) is 5.78 Å². The monoisotopic (exact) mass is 342 g/mol. The zero-order chi connectivity index (χ0) is 18.4. The van der Waals surface area contributed by atoms with Crippen molar-refractivity contribution in [1.82, 2.24) is 0 Å². The first kappa shape index (κ1) is 22.6. The predicted molar refractivity (Wildman–Crippen MR) is 94.5 cm³/mol. The predicted octanol–water partition coefficient (Wildman–Crippen LogP) is 5.19. The SMILES string of the molecule is CCCCCCCCCCCC(=O)C=C(OO)C(=O)OC(C)(C)C. The van der Waals surface area contributed by atoms with Gasteiger partial charge in [-0.1, -0.05) is 58.3 Å². The van der Waals surface area contributed by atoms with Crippen molar-refractivity contribution < 1.29 is 24.5 Å². The minimum atomic E-state index is -0.842. The fourth-order valence-corrected chi connectivity index (χ4v) is 2.28. The van der Waals surface area contributed by atoms with E-state index in [1.54, 1.807) is 20.8 Å². The maximum absolute atomic E-state index is 11.8. The molecule has 5 nitrogen and oxygen atoms in total. The van der Waals surface area contributed by atoms with Gasteiger partial charge in [-0.15, -0.1) is 0 Å². The quantitative estimate of drug-likeness (QED) is 0.124. The summed E-state index contributed by atoms with van der Waals surface area (Å²) >= 11 is 0. The molecule has 0 saturated carbocycles. The normalized spacial score (nSPS) is 12.1. The van der Waals surface area contributed by atoms with Crippen molar-refractivity contribution in [2.45, 2.75) is 97.5 Å². The number of carbonyl (C=O) groups is 2. The molecule has 0 fully saturated rings. The van der Waals surface area contributed by atoms with Crippen LogP contribution in [0.3, 0.4) is 0 Å². The molecule has 0 radical (unpaired) electrons. The average Bonchev–Trinajstić information content (AvgIpc) is 2.49. The lowest BCUT2D eigenvalue weighted by Gasteiger charge is -2.19. The van der Waals surface area contributed by atoms with E-state index in [9.17, 15) is 9.59 Å². The van der Waals surface area contributed by atoms with E-state index < -0.39 is 17.3 Å². The van der Waals surface area contributed by atoms with Gasteiger partial charge in [0, 0.05) is 12.5 Å². The van der Waals surface area contributed by atoms with Gasteiger partial charge in [-0.25, -0.2) is 10.1 Å². The molecule has 0 aliphatic rings. The van der Waals surface area contributed by atoms with Crippen LogP contribution in [0, 0.1) is 0 Å². The largest absolute Gasteiger partial charge is 0.454 e. The Labute approximate surface area is 146 Å². The van der Waals surface area contributed by atoms with E-state index >= 15 is 0 Å². The minimum absolute atomic E-state index is 0.243. The van der Waals surface area contributed by atoms with Crippen molar-refractivity contribution >= 4 is 11.8 Å². The molecule has 0 saturated heterocycles. The van der Waals surface area contributed by atoms with Crippen LogP contribution >= 0.6 is 0 Å². The molecule has 0 spiro atoms. The molecule has 24 heavy (non-hydrogen) atoms. The van der Waals surface area contributed by atoms with Gasteiger partial charge in [0.25, 0.3) is 5.76 Å². The molecule has 0 aromatic rings. The molecule has 0 heterocycles. The molecule has 0 aromatic carbocycles. The Morgan fingerprint density at radius 1 is 0.917 bits per heavy atom. The van der Waals surface area contributed by atoms with E-state index in [0.29, 0.717) is 6.42 Å². The fourth-order valence-electron chi connectivity index (χ4n) is 2.28. The zero-order valence-corrected chi connectivity index (χ0v) is 15.7. The van der Waals surface area contributed by atoms with E-state index in [1.165, 1.54) is 38.5 Å². The number of hydrogen-bond donors (Lipinski definition) is 1. The first-order valence-electron chi connectivity index (χ1n) is 9.09. The van der Waals surface area contributed by atoms with Crippen LogP contribution in [0.2, 0.25) is 0 Å². The van der Waals surface area contributed by atoms with Gasteiger partial charge in [0.05, 0.1) is 0 Å². The highest BCUT2D eigenvalue weighted by atomic mass is 17.1. The summed E-state index contributed by atoms with van der Waals surface area (Å²) in [7, 11) is 0. The molecular formula is C19H34O5. The van der Waals surface area contributed by atoms with Crippen LogP contribution in [0.1, 0.15) is 91.9 Å². The molecule has 0 rings (SSSR count). The van der Waals surface area contributed by atoms with Crippen LogP contribution in [0.4, 0.5) is 0 Å².